The molecular weight excluding hydrogens is 414 g/mol. The number of nitrogens with one attached hydrogen (secondary N) is 2. The Labute approximate surface area is 134 Å². The van der Waals surface area contributed by atoms with Crippen molar-refractivity contribution >= 4 is 66.0 Å². The quantitative estimate of drug-likeness (QED) is 0.699. The molecule has 3 N–H and O–H groups in total. The van der Waals surface area contributed by atoms with Crippen LogP contribution >= 0.6 is 43.2 Å². The van der Waals surface area contributed by atoms with Crippen molar-refractivity contribution in [3.05, 3.63) is 38.2 Å². The van der Waals surface area contributed by atoms with E-state index < -0.39 is 12.0 Å². The number of carboxylic acids is 1. The van der Waals surface area contributed by atoms with Gasteiger partial charge >= 0.3 is 12.0 Å². The van der Waals surface area contributed by atoms with Gasteiger partial charge in [0.25, 0.3) is 0 Å². The maximum atomic E-state index is 11.8. The second-order valence-corrected chi connectivity index (χ2v) is 6.81. The largest absolute Gasteiger partial charge is 0.478 e. The Morgan fingerprint density at radius 3 is 2.55 bits per heavy atom. The Morgan fingerprint density at radius 2 is 2.00 bits per heavy atom. The van der Waals surface area contributed by atoms with Crippen LogP contribution in [-0.4, -0.2) is 22.1 Å². The number of thiazole rings is 1. The van der Waals surface area contributed by atoms with Gasteiger partial charge in [0.1, 0.15) is 0 Å². The zero-order valence-electron chi connectivity index (χ0n) is 9.68. The highest BCUT2D eigenvalue weighted by atomic mass is 79.9. The third-order valence-corrected chi connectivity index (χ3v) is 4.21. The Kier molecular flexibility index (Phi) is 4.73. The predicted octanol–water partition coefficient (Wildman–Crippen LogP) is 4.01. The number of carbonyl (C=O) groups excluding carboxylic acids is 1. The van der Waals surface area contributed by atoms with Crippen LogP contribution in [0.15, 0.2) is 32.7 Å². The molecule has 0 bridgehead atoms. The summed E-state index contributed by atoms with van der Waals surface area (Å²) < 4.78 is 1.28. The van der Waals surface area contributed by atoms with Gasteiger partial charge in [-0.1, -0.05) is 11.3 Å². The van der Waals surface area contributed by atoms with Crippen molar-refractivity contribution in [2.24, 2.45) is 0 Å². The monoisotopic (exact) mass is 419 g/mol. The van der Waals surface area contributed by atoms with Gasteiger partial charge in [0.2, 0.25) is 0 Å². The number of urea groups is 1. The van der Waals surface area contributed by atoms with Gasteiger partial charge in [0, 0.05) is 4.47 Å². The molecule has 2 amide bonds. The summed E-state index contributed by atoms with van der Waals surface area (Å²) in [4.78, 5) is 26.5. The van der Waals surface area contributed by atoms with E-state index in [1.165, 1.54) is 29.5 Å². The smallest absolute Gasteiger partial charge is 0.335 e. The molecule has 1 aromatic carbocycles. The van der Waals surface area contributed by atoms with E-state index in [0.29, 0.717) is 15.3 Å². The van der Waals surface area contributed by atoms with E-state index in [0.717, 1.165) is 3.79 Å². The first kappa shape index (κ1) is 14.9. The van der Waals surface area contributed by atoms with Crippen molar-refractivity contribution in [2.75, 3.05) is 10.6 Å². The molecule has 0 radical (unpaired) electrons. The first-order valence-electron chi connectivity index (χ1n) is 5.18. The van der Waals surface area contributed by atoms with E-state index in [9.17, 15) is 9.59 Å². The third-order valence-electron chi connectivity index (χ3n) is 2.16. The molecule has 0 atom stereocenters. The normalized spacial score (nSPS) is 10.1. The number of hydrogen-bond acceptors (Lipinski definition) is 4. The van der Waals surface area contributed by atoms with Gasteiger partial charge in [-0.05, 0) is 50.1 Å². The molecule has 0 aliphatic rings. The van der Waals surface area contributed by atoms with Gasteiger partial charge in [0.05, 0.1) is 21.2 Å². The minimum absolute atomic E-state index is 0.131. The number of anilines is 2. The molecule has 6 nitrogen and oxygen atoms in total. The lowest BCUT2D eigenvalue weighted by Gasteiger charge is -2.08. The van der Waals surface area contributed by atoms with Crippen LogP contribution in [-0.2, 0) is 0 Å². The molecule has 0 unspecified atom stereocenters. The van der Waals surface area contributed by atoms with Gasteiger partial charge in [-0.3, -0.25) is 5.32 Å². The van der Waals surface area contributed by atoms with Crippen LogP contribution in [0.4, 0.5) is 15.6 Å². The van der Waals surface area contributed by atoms with Crippen molar-refractivity contribution in [3.8, 4) is 0 Å². The number of amides is 2. The van der Waals surface area contributed by atoms with Crippen LogP contribution in [0.5, 0.6) is 0 Å². The van der Waals surface area contributed by atoms with Gasteiger partial charge in [-0.15, -0.1) is 0 Å². The number of aromatic carboxylic acids is 1. The summed E-state index contributed by atoms with van der Waals surface area (Å²) in [5, 5.41) is 14.5. The van der Waals surface area contributed by atoms with E-state index in [1.54, 1.807) is 6.20 Å². The molecule has 0 aliphatic heterocycles. The molecule has 9 heteroatoms. The van der Waals surface area contributed by atoms with Gasteiger partial charge < -0.3 is 10.4 Å². The van der Waals surface area contributed by atoms with Crippen LogP contribution in [0.1, 0.15) is 10.4 Å². The molecule has 104 valence electrons. The van der Waals surface area contributed by atoms with Crippen molar-refractivity contribution in [3.63, 3.8) is 0 Å². The Balaban J connectivity index is 2.06. The van der Waals surface area contributed by atoms with E-state index in [2.05, 4.69) is 47.5 Å². The minimum Gasteiger partial charge on any atom is -0.478 e. The third kappa shape index (κ3) is 3.78. The molecule has 0 fully saturated rings. The zero-order chi connectivity index (χ0) is 14.7. The van der Waals surface area contributed by atoms with Crippen LogP contribution in [0.25, 0.3) is 0 Å². The number of carbonyl (C=O) groups is 2. The average molecular weight is 421 g/mol. The first-order valence-corrected chi connectivity index (χ1v) is 7.58. The second kappa shape index (κ2) is 6.33. The highest BCUT2D eigenvalue weighted by Gasteiger charge is 2.10. The lowest BCUT2D eigenvalue weighted by molar-refractivity contribution is 0.0697. The standard InChI is InChI=1S/C11H7Br2N3O3S/c12-6-3-5(9(17)18)1-2-7(6)15-10(19)16-11-14-4-8(13)20-11/h1-4H,(H,17,18)(H2,14,15,16,19). The number of hydrogen-bond donors (Lipinski definition) is 3. The Hall–Kier alpha value is -1.45. The Morgan fingerprint density at radius 1 is 1.25 bits per heavy atom. The summed E-state index contributed by atoms with van der Waals surface area (Å²) in [6.07, 6.45) is 1.58. The summed E-state index contributed by atoms with van der Waals surface area (Å²) in [6.45, 7) is 0. The highest BCUT2D eigenvalue weighted by Crippen LogP contribution is 2.25. The number of aromatic nitrogens is 1. The summed E-state index contributed by atoms with van der Waals surface area (Å²) in [6, 6.07) is 3.86. The molecule has 2 rings (SSSR count). The van der Waals surface area contributed by atoms with E-state index in [-0.39, 0.29) is 5.56 Å². The molecule has 20 heavy (non-hydrogen) atoms. The van der Waals surface area contributed by atoms with Crippen LogP contribution in [0.2, 0.25) is 0 Å². The van der Waals surface area contributed by atoms with E-state index >= 15 is 0 Å². The SMILES string of the molecule is O=C(Nc1ncc(Br)s1)Nc1ccc(C(=O)O)cc1Br. The van der Waals surface area contributed by atoms with Crippen molar-refractivity contribution < 1.29 is 14.7 Å². The number of nitrogens with zero attached hydrogens (tertiary/aromatic N) is 1. The molecule has 2 aromatic rings. The molecule has 0 aliphatic carbocycles. The maximum absolute atomic E-state index is 11.8. The average Bonchev–Trinajstić information content (AvgIpc) is 2.77. The fourth-order valence-electron chi connectivity index (χ4n) is 1.31. The predicted molar refractivity (Wildman–Crippen MR) is 83.6 cm³/mol. The highest BCUT2D eigenvalue weighted by molar-refractivity contribution is 9.11. The van der Waals surface area contributed by atoms with Crippen molar-refractivity contribution in [1.29, 1.82) is 0 Å². The number of rotatable bonds is 3. The first-order chi connectivity index (χ1) is 9.45. The fourth-order valence-corrected chi connectivity index (χ4v) is 2.89. The number of halogens is 2. The van der Waals surface area contributed by atoms with Gasteiger partial charge in [-0.25, -0.2) is 14.6 Å². The topological polar surface area (TPSA) is 91.3 Å². The van der Waals surface area contributed by atoms with E-state index in [4.69, 9.17) is 5.11 Å². The second-order valence-electron chi connectivity index (χ2n) is 3.55. The maximum Gasteiger partial charge on any atom is 0.335 e. The molecular formula is C11H7Br2N3O3S. The van der Waals surface area contributed by atoms with Gasteiger partial charge in [0.15, 0.2) is 5.13 Å². The van der Waals surface area contributed by atoms with Crippen LogP contribution in [0, 0.1) is 0 Å². The fraction of sp³-hybridized carbons (Fsp3) is 0. The molecule has 1 heterocycles. The lowest BCUT2D eigenvalue weighted by Crippen LogP contribution is -2.19. The lowest BCUT2D eigenvalue weighted by atomic mass is 10.2. The zero-order valence-corrected chi connectivity index (χ0v) is 13.7. The molecule has 0 saturated heterocycles. The summed E-state index contributed by atoms with van der Waals surface area (Å²) in [5.41, 5.74) is 0.592. The summed E-state index contributed by atoms with van der Waals surface area (Å²) in [5.74, 6) is -1.03. The van der Waals surface area contributed by atoms with Crippen molar-refractivity contribution in [2.45, 2.75) is 0 Å². The van der Waals surface area contributed by atoms with Crippen molar-refractivity contribution in [1.82, 2.24) is 4.98 Å². The van der Waals surface area contributed by atoms with Gasteiger partial charge in [-0.2, -0.15) is 0 Å². The minimum atomic E-state index is -1.03. The number of carboxylic acid groups (broad SMARTS) is 1. The summed E-state index contributed by atoms with van der Waals surface area (Å²) >= 11 is 7.73. The Bertz CT molecular complexity index is 675. The van der Waals surface area contributed by atoms with Crippen LogP contribution < -0.4 is 10.6 Å². The number of benzene rings is 1. The van der Waals surface area contributed by atoms with Crippen LogP contribution in [0.3, 0.4) is 0 Å². The summed E-state index contributed by atoms with van der Waals surface area (Å²) in [7, 11) is 0. The molecule has 0 saturated carbocycles. The van der Waals surface area contributed by atoms with E-state index in [1.807, 2.05) is 0 Å². The molecule has 1 aromatic heterocycles. The molecule has 0 spiro atoms.